The van der Waals surface area contributed by atoms with Crippen molar-refractivity contribution in [2.75, 3.05) is 11.4 Å². The highest BCUT2D eigenvalue weighted by Crippen LogP contribution is 2.26. The number of rotatable bonds is 5. The Hall–Kier alpha value is -1.48. The molecule has 0 fully saturated rings. The molecule has 1 aromatic carbocycles. The molecule has 92 valence electrons. The zero-order valence-electron chi connectivity index (χ0n) is 9.98. The second kappa shape index (κ2) is 5.73. The van der Waals surface area contributed by atoms with Gasteiger partial charge in [-0.3, -0.25) is 0 Å². The fraction of sp³-hybridized carbons (Fsp3) is 0.308. The largest absolute Gasteiger partial charge is 0.478 e. The van der Waals surface area contributed by atoms with E-state index in [0.717, 1.165) is 0 Å². The first-order chi connectivity index (χ1) is 7.97. The van der Waals surface area contributed by atoms with Crippen LogP contribution in [0.3, 0.4) is 0 Å². The molecule has 0 amide bonds. The van der Waals surface area contributed by atoms with Crippen LogP contribution in [-0.2, 0) is 0 Å². The standard InChI is InChI=1S/C13H16ClNO2/c1-4-7-15(9(2)3)12-8-10(14)5-6-11(12)13(16)17/h4-6,8-9H,1,7H2,2-3H3,(H,16,17). The third kappa shape index (κ3) is 3.24. The molecule has 4 heteroatoms. The highest BCUT2D eigenvalue weighted by atomic mass is 35.5. The number of anilines is 1. The predicted molar refractivity (Wildman–Crippen MR) is 71.1 cm³/mol. The first-order valence-electron chi connectivity index (χ1n) is 5.37. The summed E-state index contributed by atoms with van der Waals surface area (Å²) in [5, 5.41) is 9.69. The zero-order valence-corrected chi connectivity index (χ0v) is 10.7. The minimum absolute atomic E-state index is 0.171. The van der Waals surface area contributed by atoms with Crippen molar-refractivity contribution in [3.63, 3.8) is 0 Å². The third-order valence-corrected chi connectivity index (χ3v) is 2.68. The van der Waals surface area contributed by atoms with Gasteiger partial charge in [0.25, 0.3) is 0 Å². The molecule has 1 aromatic rings. The fourth-order valence-corrected chi connectivity index (χ4v) is 1.82. The molecule has 0 saturated heterocycles. The minimum Gasteiger partial charge on any atom is -0.478 e. The van der Waals surface area contributed by atoms with E-state index >= 15 is 0 Å². The van der Waals surface area contributed by atoms with Gasteiger partial charge in [0.2, 0.25) is 0 Å². The molecule has 0 aliphatic carbocycles. The van der Waals surface area contributed by atoms with Crippen molar-refractivity contribution in [2.45, 2.75) is 19.9 Å². The van der Waals surface area contributed by atoms with Gasteiger partial charge in [-0.25, -0.2) is 4.79 Å². The molecule has 1 N–H and O–H groups in total. The number of nitrogens with zero attached hydrogens (tertiary/aromatic N) is 1. The molecule has 0 aromatic heterocycles. The number of carbonyl (C=O) groups is 1. The Morgan fingerprint density at radius 2 is 2.24 bits per heavy atom. The average molecular weight is 254 g/mol. The number of benzene rings is 1. The van der Waals surface area contributed by atoms with Crippen molar-refractivity contribution in [1.82, 2.24) is 0 Å². The summed E-state index contributed by atoms with van der Waals surface area (Å²) in [4.78, 5) is 13.1. The summed E-state index contributed by atoms with van der Waals surface area (Å²) in [5.74, 6) is -0.952. The van der Waals surface area contributed by atoms with Gasteiger partial charge in [-0.2, -0.15) is 0 Å². The van der Waals surface area contributed by atoms with E-state index in [1.54, 1.807) is 18.2 Å². The lowest BCUT2D eigenvalue weighted by Gasteiger charge is -2.29. The number of carboxylic acid groups (broad SMARTS) is 1. The highest BCUT2D eigenvalue weighted by Gasteiger charge is 2.17. The van der Waals surface area contributed by atoms with E-state index in [4.69, 9.17) is 16.7 Å². The lowest BCUT2D eigenvalue weighted by atomic mass is 10.1. The molecule has 0 radical (unpaired) electrons. The van der Waals surface area contributed by atoms with Crippen molar-refractivity contribution >= 4 is 23.3 Å². The molecular formula is C13H16ClNO2. The maximum Gasteiger partial charge on any atom is 0.337 e. The van der Waals surface area contributed by atoms with Crippen LogP contribution in [0.15, 0.2) is 30.9 Å². The second-order valence-corrected chi connectivity index (χ2v) is 4.44. The summed E-state index contributed by atoms with van der Waals surface area (Å²) in [6, 6.07) is 4.96. The van der Waals surface area contributed by atoms with Crippen molar-refractivity contribution in [3.8, 4) is 0 Å². The Bertz CT molecular complexity index is 429. The van der Waals surface area contributed by atoms with Crippen molar-refractivity contribution in [1.29, 1.82) is 0 Å². The molecule has 0 aliphatic heterocycles. The molecule has 0 bridgehead atoms. The molecule has 0 unspecified atom stereocenters. The average Bonchev–Trinajstić information content (AvgIpc) is 2.24. The summed E-state index contributed by atoms with van der Waals surface area (Å²) < 4.78 is 0. The normalized spacial score (nSPS) is 10.4. The van der Waals surface area contributed by atoms with Gasteiger partial charge >= 0.3 is 5.97 Å². The van der Waals surface area contributed by atoms with Crippen molar-refractivity contribution in [2.24, 2.45) is 0 Å². The van der Waals surface area contributed by atoms with Crippen LogP contribution in [0.5, 0.6) is 0 Å². The molecule has 1 rings (SSSR count). The second-order valence-electron chi connectivity index (χ2n) is 4.00. The van der Waals surface area contributed by atoms with Crippen LogP contribution in [0, 0.1) is 0 Å². The van der Waals surface area contributed by atoms with Gasteiger partial charge in [-0.05, 0) is 32.0 Å². The number of hydrogen-bond acceptors (Lipinski definition) is 2. The molecule has 0 atom stereocenters. The number of halogens is 1. The van der Waals surface area contributed by atoms with Gasteiger partial charge in [-0.15, -0.1) is 6.58 Å². The topological polar surface area (TPSA) is 40.5 Å². The quantitative estimate of drug-likeness (QED) is 0.818. The molecule has 0 saturated carbocycles. The summed E-state index contributed by atoms with van der Waals surface area (Å²) >= 11 is 5.93. The number of carboxylic acids is 1. The van der Waals surface area contributed by atoms with Gasteiger partial charge in [0.05, 0.1) is 11.3 Å². The van der Waals surface area contributed by atoms with Crippen LogP contribution < -0.4 is 4.90 Å². The van der Waals surface area contributed by atoms with E-state index in [9.17, 15) is 4.79 Å². The summed E-state index contributed by atoms with van der Waals surface area (Å²) in [5.41, 5.74) is 0.879. The van der Waals surface area contributed by atoms with Crippen LogP contribution in [0.2, 0.25) is 5.02 Å². The first-order valence-corrected chi connectivity index (χ1v) is 5.75. The van der Waals surface area contributed by atoms with E-state index in [0.29, 0.717) is 17.3 Å². The summed E-state index contributed by atoms with van der Waals surface area (Å²) in [7, 11) is 0. The van der Waals surface area contributed by atoms with Crippen LogP contribution in [0.1, 0.15) is 24.2 Å². The van der Waals surface area contributed by atoms with Crippen molar-refractivity contribution in [3.05, 3.63) is 41.4 Å². The molecule has 0 aliphatic rings. The van der Waals surface area contributed by atoms with E-state index in [1.807, 2.05) is 18.7 Å². The minimum atomic E-state index is -0.952. The van der Waals surface area contributed by atoms with Gasteiger partial charge in [0.15, 0.2) is 0 Å². The lowest BCUT2D eigenvalue weighted by molar-refractivity contribution is 0.0697. The maximum absolute atomic E-state index is 11.2. The van der Waals surface area contributed by atoms with Gasteiger partial charge in [0.1, 0.15) is 0 Å². The maximum atomic E-state index is 11.2. The van der Waals surface area contributed by atoms with E-state index in [-0.39, 0.29) is 11.6 Å². The smallest absolute Gasteiger partial charge is 0.337 e. The van der Waals surface area contributed by atoms with Crippen LogP contribution >= 0.6 is 11.6 Å². The Balaban J connectivity index is 3.28. The van der Waals surface area contributed by atoms with Crippen LogP contribution in [0.4, 0.5) is 5.69 Å². The van der Waals surface area contributed by atoms with Crippen LogP contribution in [-0.4, -0.2) is 23.7 Å². The molecular weight excluding hydrogens is 238 g/mol. The number of hydrogen-bond donors (Lipinski definition) is 1. The summed E-state index contributed by atoms with van der Waals surface area (Å²) in [6.45, 7) is 8.26. The Kier molecular flexibility index (Phi) is 4.58. The Morgan fingerprint density at radius 3 is 2.71 bits per heavy atom. The Morgan fingerprint density at radius 1 is 1.59 bits per heavy atom. The predicted octanol–water partition coefficient (Wildman–Crippen LogP) is 3.44. The van der Waals surface area contributed by atoms with Gasteiger partial charge in [-0.1, -0.05) is 17.7 Å². The third-order valence-electron chi connectivity index (χ3n) is 2.45. The van der Waals surface area contributed by atoms with Crippen molar-refractivity contribution < 1.29 is 9.90 Å². The zero-order chi connectivity index (χ0) is 13.0. The van der Waals surface area contributed by atoms with E-state index in [1.165, 1.54) is 6.07 Å². The number of aromatic carboxylic acids is 1. The highest BCUT2D eigenvalue weighted by molar-refractivity contribution is 6.31. The molecule has 17 heavy (non-hydrogen) atoms. The first kappa shape index (κ1) is 13.6. The Labute approximate surface area is 106 Å². The fourth-order valence-electron chi connectivity index (χ4n) is 1.65. The van der Waals surface area contributed by atoms with E-state index in [2.05, 4.69) is 6.58 Å². The SMILES string of the molecule is C=CCN(c1cc(Cl)ccc1C(=O)O)C(C)C. The molecule has 0 spiro atoms. The molecule has 3 nitrogen and oxygen atoms in total. The van der Waals surface area contributed by atoms with E-state index < -0.39 is 5.97 Å². The van der Waals surface area contributed by atoms with Crippen LogP contribution in [0.25, 0.3) is 0 Å². The lowest BCUT2D eigenvalue weighted by Crippen LogP contribution is -2.32. The van der Waals surface area contributed by atoms with Gasteiger partial charge in [0, 0.05) is 17.6 Å². The van der Waals surface area contributed by atoms with Gasteiger partial charge < -0.3 is 10.0 Å². The summed E-state index contributed by atoms with van der Waals surface area (Å²) in [6.07, 6.45) is 1.74. The molecule has 0 heterocycles. The monoisotopic (exact) mass is 253 g/mol.